The number of anilines is 9. The summed E-state index contributed by atoms with van der Waals surface area (Å²) in [7, 11) is 0. The van der Waals surface area contributed by atoms with Gasteiger partial charge < -0.3 is 23.8 Å². The lowest BCUT2D eigenvalue weighted by atomic mass is 9.33. The average molecular weight is 1430 g/mol. The lowest BCUT2D eigenvalue weighted by Crippen LogP contribution is -2.61. The van der Waals surface area contributed by atoms with Gasteiger partial charge in [0.05, 0.1) is 51.1 Å². The highest BCUT2D eigenvalue weighted by molar-refractivity contribution is 7.00. The van der Waals surface area contributed by atoms with Crippen LogP contribution in [0, 0.1) is 0 Å². The Morgan fingerprint density at radius 1 is 0.264 bits per heavy atom. The van der Waals surface area contributed by atoms with E-state index < -0.39 is 97.3 Å². The van der Waals surface area contributed by atoms with Gasteiger partial charge in [-0.05, 0) is 221 Å². The van der Waals surface area contributed by atoms with E-state index >= 15 is 0 Å². The third-order valence-electron chi connectivity index (χ3n) is 21.7. The number of hydrogen-bond acceptors (Lipinski definition) is 3. The Balaban J connectivity index is 0.968. The molecule has 110 heavy (non-hydrogen) atoms. The zero-order valence-corrected chi connectivity index (χ0v) is 61.3. The molecule has 16 aromatic carbocycles. The fraction of sp³-hybridized carbons (Fsp3) is 0.0769. The van der Waals surface area contributed by atoms with Crippen molar-refractivity contribution in [3.8, 4) is 67.0 Å². The lowest BCUT2D eigenvalue weighted by molar-refractivity contribution is 0.569. The van der Waals surface area contributed by atoms with E-state index in [4.69, 9.17) is 4.11 Å². The summed E-state index contributed by atoms with van der Waals surface area (Å²) in [6.45, 7) is 12.6. The first-order valence-electron chi connectivity index (χ1n) is 45.6. The molecule has 5 nitrogen and oxygen atoms in total. The molecule has 0 saturated carbocycles. The van der Waals surface area contributed by atoms with Crippen LogP contribution in [0.1, 0.15) is 76.0 Å². The van der Waals surface area contributed by atoms with Gasteiger partial charge in [-0.1, -0.05) is 290 Å². The molecule has 0 radical (unpaired) electrons. The average Bonchev–Trinajstić information content (AvgIpc) is 1.68. The minimum atomic E-state index is -0.723. The first kappa shape index (κ1) is 50.2. The Labute approximate surface area is 668 Å². The highest BCUT2D eigenvalue weighted by Crippen LogP contribution is 2.51. The SMILES string of the molecule is [2H]c1c([2H])c([2H])c(N(c2ccccc2)c2ccc3c(c2)c2c([2H])c([2H])c([2H])c([2H])c2n3-c2ccc3c(c2)N(c2cc(-c4ccccc4)cc(-c4ccccc4)c2)c2cc(-n4c5c([2H])c([2H])c([2H])c([2H])c5c5c([2H])c([2H])c([2H])c([2H])c54)cc4c2B3c2ccc(-c3cc(C(C)(C)C)cc(C(C)(C)C)c3)cc2N4c2cc(-c3ccccc3)cc(-c3ccccc3)c2)c([2H])c1[2H]. The van der Waals surface area contributed by atoms with Gasteiger partial charge in [0.15, 0.2) is 0 Å². The molecule has 0 unspecified atom stereocenters. The Hall–Kier alpha value is -13.4. The van der Waals surface area contributed by atoms with E-state index in [-0.39, 0.29) is 67.0 Å². The summed E-state index contributed by atoms with van der Waals surface area (Å²) in [6.07, 6.45) is 0. The van der Waals surface area contributed by atoms with Gasteiger partial charge in [-0.2, -0.15) is 0 Å². The highest BCUT2D eigenvalue weighted by Gasteiger charge is 2.45. The lowest BCUT2D eigenvalue weighted by Gasteiger charge is -2.45. The summed E-state index contributed by atoms with van der Waals surface area (Å²) in [5.74, 6) is 0. The summed E-state index contributed by atoms with van der Waals surface area (Å²) in [5, 5.41) is 0.279. The molecular weight excluding hydrogens is 1330 g/mol. The third kappa shape index (κ3) is 11.3. The van der Waals surface area contributed by atoms with Crippen LogP contribution in [0.25, 0.3) is 111 Å². The first-order valence-corrected chi connectivity index (χ1v) is 37.1. The van der Waals surface area contributed by atoms with Crippen molar-refractivity contribution < 1.29 is 23.3 Å². The second-order valence-corrected chi connectivity index (χ2v) is 30.5. The Kier molecular flexibility index (Phi) is 12.0. The second-order valence-electron chi connectivity index (χ2n) is 30.5. The molecule has 20 rings (SSSR count). The van der Waals surface area contributed by atoms with Crippen molar-refractivity contribution in [3.63, 3.8) is 0 Å². The normalized spacial score (nSPS) is 14.7. The van der Waals surface area contributed by atoms with Gasteiger partial charge in [-0.15, -0.1) is 0 Å². The van der Waals surface area contributed by atoms with E-state index in [2.05, 4.69) is 179 Å². The summed E-state index contributed by atoms with van der Waals surface area (Å²) in [5.41, 5.74) is 18.6. The molecule has 2 aromatic heterocycles. The van der Waals surface area contributed by atoms with Crippen LogP contribution in [0.5, 0.6) is 0 Å². The topological polar surface area (TPSA) is 19.6 Å². The molecule has 0 fully saturated rings. The van der Waals surface area contributed by atoms with Crippen molar-refractivity contribution in [3.05, 3.63) is 387 Å². The zero-order valence-electron chi connectivity index (χ0n) is 78.3. The monoisotopic (exact) mass is 1430 g/mol. The number of para-hydroxylation sites is 5. The maximum Gasteiger partial charge on any atom is 0.252 e. The van der Waals surface area contributed by atoms with E-state index in [1.54, 1.807) is 58.0 Å². The van der Waals surface area contributed by atoms with Crippen LogP contribution in [0.15, 0.2) is 376 Å². The van der Waals surface area contributed by atoms with E-state index in [0.29, 0.717) is 50.7 Å². The van der Waals surface area contributed by atoms with Gasteiger partial charge >= 0.3 is 0 Å². The minimum Gasteiger partial charge on any atom is -0.311 e. The number of nitrogens with zero attached hydrogens (tertiary/aromatic N) is 5. The number of rotatable bonds is 12. The fourth-order valence-electron chi connectivity index (χ4n) is 16.4. The summed E-state index contributed by atoms with van der Waals surface area (Å²) in [4.78, 5) is 6.05. The number of benzene rings is 16. The van der Waals surface area contributed by atoms with Crippen molar-refractivity contribution in [1.29, 1.82) is 0 Å². The van der Waals surface area contributed by atoms with Crippen LogP contribution >= 0.6 is 0 Å². The first-order chi connectivity index (χ1) is 60.9. The van der Waals surface area contributed by atoms with Crippen molar-refractivity contribution >= 4 is 118 Å². The van der Waals surface area contributed by atoms with Gasteiger partial charge in [0.1, 0.15) is 0 Å². The van der Waals surface area contributed by atoms with Gasteiger partial charge in [0.2, 0.25) is 0 Å². The predicted molar refractivity (Wildman–Crippen MR) is 468 cm³/mol. The minimum absolute atomic E-state index is 0.0886. The van der Waals surface area contributed by atoms with Crippen molar-refractivity contribution in [1.82, 2.24) is 9.13 Å². The van der Waals surface area contributed by atoms with E-state index in [1.807, 2.05) is 102 Å². The van der Waals surface area contributed by atoms with Gasteiger partial charge in [0.25, 0.3) is 6.71 Å². The predicted octanol–water partition coefficient (Wildman–Crippen LogP) is 26.4. The molecule has 4 heterocycles. The van der Waals surface area contributed by atoms with Crippen molar-refractivity contribution in [2.75, 3.05) is 14.7 Å². The van der Waals surface area contributed by atoms with Crippen LogP contribution in [0.2, 0.25) is 0 Å². The number of hydrogen-bond donors (Lipinski definition) is 0. The Morgan fingerprint density at radius 2 is 0.664 bits per heavy atom. The summed E-state index contributed by atoms with van der Waals surface area (Å²) in [6, 6.07) is 82.7. The van der Waals surface area contributed by atoms with Crippen molar-refractivity contribution in [2.24, 2.45) is 0 Å². The van der Waals surface area contributed by atoms with Crippen LogP contribution in [0.3, 0.4) is 0 Å². The molecule has 0 spiro atoms. The smallest absolute Gasteiger partial charge is 0.252 e. The van der Waals surface area contributed by atoms with Gasteiger partial charge in [-0.25, -0.2) is 0 Å². The standard InChI is InChI=1S/C104H80BN5/c1-103(2,3)79-57-78(58-80(64-79)104(4,5)6)73-49-52-92-98(63-73)109(85-59-74(69-31-13-7-14-32-69)55-75(60-85)70-33-15-8-16-34-70)100-67-87(108-94-46-28-25-43-88(94)89-44-26-29-47-95(89)108)68-101-102(100)105(92)93-53-50-84(66-99(93)110(101)86-61-76(71-35-17-9-18-36-71)56-77(62-86)72-37-19-10-20-38-72)107-96-48-30-27-45-90(96)91-65-83(51-54-97(91)107)106(81-39-21-11-22-40-81)82-41-23-12-24-42-82/h7-68H,1-6H3/i11D,21D,22D,25D,26D,27D,28D,29D,30D,39D,40D,43D,44D,45D,46D,47D,48D. The quantitative estimate of drug-likeness (QED) is 0.114. The zero-order chi connectivity index (χ0) is 88.7. The number of aromatic nitrogens is 2. The van der Waals surface area contributed by atoms with E-state index in [0.717, 1.165) is 94.5 Å². The Morgan fingerprint density at radius 3 is 1.14 bits per heavy atom. The van der Waals surface area contributed by atoms with Crippen LogP contribution in [-0.4, -0.2) is 15.8 Å². The molecule has 0 bridgehead atoms. The van der Waals surface area contributed by atoms with Crippen LogP contribution in [-0.2, 0) is 10.8 Å². The third-order valence-corrected chi connectivity index (χ3v) is 21.7. The molecule has 0 saturated heterocycles. The van der Waals surface area contributed by atoms with E-state index in [9.17, 15) is 19.2 Å². The fourth-order valence-corrected chi connectivity index (χ4v) is 16.4. The molecule has 0 N–H and O–H groups in total. The molecule has 2 aliphatic heterocycles. The van der Waals surface area contributed by atoms with Gasteiger partial charge in [-0.3, -0.25) is 0 Å². The molecule has 0 aliphatic carbocycles. The maximum absolute atomic E-state index is 10.2. The maximum atomic E-state index is 10.2. The van der Waals surface area contributed by atoms with Crippen LogP contribution in [0.4, 0.5) is 51.2 Å². The largest absolute Gasteiger partial charge is 0.311 e. The summed E-state index contributed by atoms with van der Waals surface area (Å²) >= 11 is 0. The van der Waals surface area contributed by atoms with Crippen molar-refractivity contribution in [2.45, 2.75) is 52.4 Å². The van der Waals surface area contributed by atoms with E-state index in [1.165, 1.54) is 0 Å². The van der Waals surface area contributed by atoms with Gasteiger partial charge in [0, 0.05) is 78.4 Å². The molecule has 2 aliphatic rings. The molecular formula is C104H80BN5. The Bertz CT molecular complexity index is 7450. The van der Waals surface area contributed by atoms with Crippen LogP contribution < -0.4 is 31.1 Å². The highest BCUT2D eigenvalue weighted by atomic mass is 15.2. The molecule has 524 valence electrons. The molecule has 6 heteroatoms. The number of fused-ring (bicyclic) bond motifs is 10. The second kappa shape index (κ2) is 26.2. The molecule has 0 atom stereocenters. The molecule has 0 amide bonds. The molecule has 18 aromatic rings. The summed E-state index contributed by atoms with van der Waals surface area (Å²) < 4.78 is 166.